The van der Waals surface area contributed by atoms with Crippen LogP contribution in [0.25, 0.3) is 10.2 Å². The van der Waals surface area contributed by atoms with Crippen molar-refractivity contribution < 1.29 is 8.42 Å². The fourth-order valence-corrected chi connectivity index (χ4v) is 6.63. The summed E-state index contributed by atoms with van der Waals surface area (Å²) < 4.78 is 30.1. The lowest BCUT2D eigenvalue weighted by molar-refractivity contribution is 0.584. The van der Waals surface area contributed by atoms with Crippen LogP contribution < -0.4 is 9.60 Å². The molecule has 0 unspecified atom stereocenters. The van der Waals surface area contributed by atoms with Gasteiger partial charge in [0.15, 0.2) is 0 Å². The first kappa shape index (κ1) is 18.9. The largest absolute Gasteiger partial charge is 0.308 e. The van der Waals surface area contributed by atoms with Crippen molar-refractivity contribution in [2.24, 2.45) is 0 Å². The number of thiazole rings is 1. The van der Waals surface area contributed by atoms with Crippen LogP contribution in [0, 0.1) is 0 Å². The third-order valence-corrected chi connectivity index (χ3v) is 8.23. The molecule has 0 aliphatic heterocycles. The van der Waals surface area contributed by atoms with E-state index in [1.165, 1.54) is 25.7 Å². The summed E-state index contributed by atoms with van der Waals surface area (Å²) in [6.07, 6.45) is 5.96. The Hall–Kier alpha value is -0.830. The van der Waals surface area contributed by atoms with Crippen molar-refractivity contribution in [3.05, 3.63) is 27.9 Å². The molecule has 138 valence electrons. The maximum Gasteiger partial charge on any atom is 0.308 e. The van der Waals surface area contributed by atoms with E-state index in [0.717, 1.165) is 33.7 Å². The predicted molar refractivity (Wildman–Crippen MR) is 106 cm³/mol. The minimum Gasteiger partial charge on any atom is -0.299 e. The normalized spacial score (nSPS) is 16.0. The molecular formula is C17H24N2O3S3. The monoisotopic (exact) mass is 400 g/mol. The van der Waals surface area contributed by atoms with Crippen molar-refractivity contribution in [2.75, 3.05) is 12.3 Å². The number of nitrogens with one attached hydrogen (secondary N) is 1. The zero-order valence-electron chi connectivity index (χ0n) is 14.4. The number of fused-ring (bicyclic) bond motifs is 1. The van der Waals surface area contributed by atoms with Crippen molar-refractivity contribution >= 4 is 43.3 Å². The van der Waals surface area contributed by atoms with Gasteiger partial charge in [-0.05, 0) is 37.5 Å². The fraction of sp³-hybridized carbons (Fsp3) is 0.588. The number of aromatic nitrogens is 1. The minimum atomic E-state index is -3.53. The quantitative estimate of drug-likeness (QED) is 0.690. The third-order valence-electron chi connectivity index (χ3n) is 4.45. The van der Waals surface area contributed by atoms with Crippen molar-refractivity contribution in [2.45, 2.75) is 55.7 Å². The molecule has 5 nitrogen and oxygen atoms in total. The van der Waals surface area contributed by atoms with Crippen LogP contribution >= 0.6 is 23.1 Å². The molecule has 1 saturated carbocycles. The summed E-state index contributed by atoms with van der Waals surface area (Å²) in [5.74, 6) is 0.798. The van der Waals surface area contributed by atoms with Crippen LogP contribution in [0.1, 0.15) is 39.0 Å². The molecule has 1 aliphatic rings. The van der Waals surface area contributed by atoms with Crippen molar-refractivity contribution in [3.8, 4) is 0 Å². The van der Waals surface area contributed by atoms with Crippen LogP contribution in [-0.2, 0) is 16.6 Å². The lowest BCUT2D eigenvalue weighted by Gasteiger charge is -2.10. The second-order valence-corrected chi connectivity index (χ2v) is 10.5. The molecule has 25 heavy (non-hydrogen) atoms. The number of thioether (sulfide) groups is 1. The topological polar surface area (TPSA) is 68.2 Å². The molecule has 1 aromatic carbocycles. The second kappa shape index (κ2) is 8.24. The Bertz CT molecular complexity index is 880. The number of benzene rings is 1. The molecule has 3 rings (SSSR count). The maximum absolute atomic E-state index is 12.5. The number of sulfonamides is 1. The van der Waals surface area contributed by atoms with Crippen LogP contribution in [-0.4, -0.2) is 30.5 Å². The zero-order valence-corrected chi connectivity index (χ0v) is 16.8. The Morgan fingerprint density at radius 2 is 2.08 bits per heavy atom. The average Bonchev–Trinajstić information content (AvgIpc) is 3.20. The Labute approximate surface area is 156 Å². The average molecular weight is 401 g/mol. The summed E-state index contributed by atoms with van der Waals surface area (Å²) in [7, 11) is -3.53. The first-order valence-corrected chi connectivity index (χ1v) is 12.1. The molecule has 1 N–H and O–H groups in total. The van der Waals surface area contributed by atoms with Crippen LogP contribution in [0.5, 0.6) is 0 Å². The minimum absolute atomic E-state index is 0.0349. The van der Waals surface area contributed by atoms with E-state index in [1.54, 1.807) is 22.8 Å². The van der Waals surface area contributed by atoms with E-state index >= 15 is 0 Å². The summed E-state index contributed by atoms with van der Waals surface area (Å²) in [4.78, 5) is 12.2. The van der Waals surface area contributed by atoms with Gasteiger partial charge >= 0.3 is 4.87 Å². The predicted octanol–water partition coefficient (Wildman–Crippen LogP) is 3.43. The summed E-state index contributed by atoms with van der Waals surface area (Å²) in [6, 6.07) is 4.94. The molecule has 1 heterocycles. The first-order chi connectivity index (χ1) is 12.0. The highest BCUT2D eigenvalue weighted by atomic mass is 32.2. The highest BCUT2D eigenvalue weighted by Crippen LogP contribution is 2.29. The molecule has 0 amide bonds. The van der Waals surface area contributed by atoms with Gasteiger partial charge in [0, 0.05) is 24.1 Å². The Morgan fingerprint density at radius 3 is 2.80 bits per heavy atom. The van der Waals surface area contributed by atoms with Crippen LogP contribution in [0.4, 0.5) is 0 Å². The van der Waals surface area contributed by atoms with E-state index in [0.29, 0.717) is 18.3 Å². The Balaban J connectivity index is 1.67. The van der Waals surface area contributed by atoms with E-state index in [-0.39, 0.29) is 9.77 Å². The summed E-state index contributed by atoms with van der Waals surface area (Å²) in [5.41, 5.74) is 0.813. The third kappa shape index (κ3) is 4.48. The number of hydrogen-bond donors (Lipinski definition) is 1. The Morgan fingerprint density at radius 1 is 1.32 bits per heavy atom. The van der Waals surface area contributed by atoms with Gasteiger partial charge in [-0.2, -0.15) is 11.8 Å². The molecule has 0 radical (unpaired) electrons. The number of nitrogens with zero attached hydrogens (tertiary/aromatic N) is 1. The first-order valence-electron chi connectivity index (χ1n) is 8.76. The SMILES string of the molecule is CCCn1c(=O)sc2cc(S(=O)(=O)NCCSC3CCCC3)ccc21. The zero-order chi connectivity index (χ0) is 17.9. The molecule has 1 aromatic heterocycles. The van der Waals surface area contributed by atoms with Crippen LogP contribution in [0.2, 0.25) is 0 Å². The molecule has 0 spiro atoms. The number of rotatable bonds is 8. The maximum atomic E-state index is 12.5. The van der Waals surface area contributed by atoms with Crippen molar-refractivity contribution in [1.29, 1.82) is 0 Å². The lowest BCUT2D eigenvalue weighted by Crippen LogP contribution is -2.26. The van der Waals surface area contributed by atoms with Gasteiger partial charge in [-0.15, -0.1) is 0 Å². The van der Waals surface area contributed by atoms with Gasteiger partial charge in [-0.25, -0.2) is 13.1 Å². The van der Waals surface area contributed by atoms with Crippen LogP contribution in [0.15, 0.2) is 27.9 Å². The highest BCUT2D eigenvalue weighted by molar-refractivity contribution is 8.00. The van der Waals surface area contributed by atoms with E-state index < -0.39 is 10.0 Å². The summed E-state index contributed by atoms with van der Waals surface area (Å²) in [5, 5.41) is 0.691. The smallest absolute Gasteiger partial charge is 0.299 e. The van der Waals surface area contributed by atoms with Crippen molar-refractivity contribution in [3.63, 3.8) is 0 Å². The standard InChI is InChI=1S/C17H24N2O3S3/c1-2-10-19-15-8-7-14(12-16(15)24-17(19)20)25(21,22)18-9-11-23-13-5-3-4-6-13/h7-8,12-13,18H,2-6,9-11H2,1H3. The highest BCUT2D eigenvalue weighted by Gasteiger charge is 2.18. The van der Waals surface area contributed by atoms with Gasteiger partial charge < -0.3 is 0 Å². The van der Waals surface area contributed by atoms with Gasteiger partial charge in [0.25, 0.3) is 0 Å². The van der Waals surface area contributed by atoms with E-state index in [4.69, 9.17) is 0 Å². The molecule has 0 bridgehead atoms. The van der Waals surface area contributed by atoms with Gasteiger partial charge in [-0.1, -0.05) is 31.1 Å². The fourth-order valence-electron chi connectivity index (χ4n) is 3.19. The molecule has 1 aliphatic carbocycles. The lowest BCUT2D eigenvalue weighted by atomic mass is 10.3. The summed E-state index contributed by atoms with van der Waals surface area (Å²) in [6.45, 7) is 3.11. The van der Waals surface area contributed by atoms with E-state index in [1.807, 2.05) is 18.7 Å². The Kier molecular flexibility index (Phi) is 6.25. The van der Waals surface area contributed by atoms with E-state index in [9.17, 15) is 13.2 Å². The van der Waals surface area contributed by atoms with Gasteiger partial charge in [0.2, 0.25) is 10.0 Å². The molecule has 8 heteroatoms. The van der Waals surface area contributed by atoms with Gasteiger partial charge in [-0.3, -0.25) is 9.36 Å². The molecular weight excluding hydrogens is 376 g/mol. The number of hydrogen-bond acceptors (Lipinski definition) is 5. The van der Waals surface area contributed by atoms with Gasteiger partial charge in [0.05, 0.1) is 15.1 Å². The molecule has 0 saturated heterocycles. The molecule has 1 fully saturated rings. The van der Waals surface area contributed by atoms with Gasteiger partial charge in [0.1, 0.15) is 0 Å². The molecule has 2 aromatic rings. The summed E-state index contributed by atoms with van der Waals surface area (Å²) >= 11 is 2.97. The van der Waals surface area contributed by atoms with E-state index in [2.05, 4.69) is 4.72 Å². The van der Waals surface area contributed by atoms with Crippen LogP contribution in [0.3, 0.4) is 0 Å². The number of aryl methyl sites for hydroxylation is 1. The van der Waals surface area contributed by atoms with Crippen molar-refractivity contribution in [1.82, 2.24) is 9.29 Å². The molecule has 0 atom stereocenters. The second-order valence-electron chi connectivity index (χ2n) is 6.32.